The highest BCUT2D eigenvalue weighted by Crippen LogP contribution is 2.13. The van der Waals surface area contributed by atoms with E-state index in [-0.39, 0.29) is 11.7 Å². The Hall–Kier alpha value is -2.19. The van der Waals surface area contributed by atoms with Crippen LogP contribution in [0.2, 0.25) is 0 Å². The first kappa shape index (κ1) is 14.2. The summed E-state index contributed by atoms with van der Waals surface area (Å²) >= 11 is 0. The second-order valence-electron chi connectivity index (χ2n) is 4.34. The standard InChI is InChI=1S/C12H14N4O3S/c1-8-14-6-11(15-8)12(17)16-10-4-2-3-9(5-10)7-20(13,18)19/h2-6H,7H2,1H3,(H,14,15)(H,16,17)(H2,13,18,19). The molecule has 7 nitrogen and oxygen atoms in total. The van der Waals surface area contributed by atoms with Crippen molar-refractivity contribution in [3.63, 3.8) is 0 Å². The number of sulfonamides is 1. The van der Waals surface area contributed by atoms with Gasteiger partial charge in [0.05, 0.1) is 11.9 Å². The van der Waals surface area contributed by atoms with Crippen molar-refractivity contribution in [2.45, 2.75) is 12.7 Å². The van der Waals surface area contributed by atoms with E-state index in [2.05, 4.69) is 15.3 Å². The van der Waals surface area contributed by atoms with Crippen molar-refractivity contribution < 1.29 is 13.2 Å². The highest BCUT2D eigenvalue weighted by Gasteiger charge is 2.10. The minimum atomic E-state index is -3.60. The summed E-state index contributed by atoms with van der Waals surface area (Å²) in [7, 11) is -3.60. The van der Waals surface area contributed by atoms with Gasteiger partial charge in [0, 0.05) is 5.69 Å². The van der Waals surface area contributed by atoms with Crippen LogP contribution in [0.15, 0.2) is 30.5 Å². The summed E-state index contributed by atoms with van der Waals surface area (Å²) < 4.78 is 22.1. The molecule has 2 aromatic rings. The maximum atomic E-state index is 11.9. The number of H-pyrrole nitrogens is 1. The molecule has 1 heterocycles. The highest BCUT2D eigenvalue weighted by molar-refractivity contribution is 7.88. The van der Waals surface area contributed by atoms with Crippen molar-refractivity contribution in [3.8, 4) is 0 Å². The zero-order chi connectivity index (χ0) is 14.8. The van der Waals surface area contributed by atoms with Gasteiger partial charge in [-0.2, -0.15) is 0 Å². The van der Waals surface area contributed by atoms with Crippen LogP contribution in [0.4, 0.5) is 5.69 Å². The Morgan fingerprint density at radius 2 is 2.20 bits per heavy atom. The number of nitrogens with one attached hydrogen (secondary N) is 2. The molecule has 8 heteroatoms. The van der Waals surface area contributed by atoms with Crippen molar-refractivity contribution in [2.24, 2.45) is 5.14 Å². The molecule has 1 aromatic carbocycles. The van der Waals surface area contributed by atoms with Gasteiger partial charge in [0.25, 0.3) is 5.91 Å². The third-order valence-electron chi connectivity index (χ3n) is 2.50. The minimum absolute atomic E-state index is 0.278. The van der Waals surface area contributed by atoms with Gasteiger partial charge in [-0.05, 0) is 24.6 Å². The third-order valence-corrected chi connectivity index (χ3v) is 3.24. The molecule has 20 heavy (non-hydrogen) atoms. The largest absolute Gasteiger partial charge is 0.338 e. The zero-order valence-corrected chi connectivity index (χ0v) is 11.6. The molecule has 0 saturated carbocycles. The lowest BCUT2D eigenvalue weighted by molar-refractivity contribution is 0.102. The van der Waals surface area contributed by atoms with Crippen LogP contribution in [0.5, 0.6) is 0 Å². The maximum absolute atomic E-state index is 11.9. The molecular weight excluding hydrogens is 280 g/mol. The summed E-state index contributed by atoms with van der Waals surface area (Å²) in [6, 6.07) is 6.49. The summed E-state index contributed by atoms with van der Waals surface area (Å²) in [6.07, 6.45) is 1.43. The number of benzene rings is 1. The van der Waals surface area contributed by atoms with Crippen LogP contribution in [-0.4, -0.2) is 24.3 Å². The van der Waals surface area contributed by atoms with Gasteiger partial charge >= 0.3 is 0 Å². The second-order valence-corrected chi connectivity index (χ2v) is 5.96. The number of carbonyl (C=O) groups excluding carboxylic acids is 1. The highest BCUT2D eigenvalue weighted by atomic mass is 32.2. The van der Waals surface area contributed by atoms with E-state index >= 15 is 0 Å². The summed E-state index contributed by atoms with van der Waals surface area (Å²) in [5.41, 5.74) is 1.33. The molecule has 106 valence electrons. The molecule has 0 aliphatic carbocycles. The van der Waals surface area contributed by atoms with Crippen molar-refractivity contribution in [2.75, 3.05) is 5.32 Å². The number of hydrogen-bond acceptors (Lipinski definition) is 4. The molecule has 0 unspecified atom stereocenters. The number of aryl methyl sites for hydroxylation is 1. The van der Waals surface area contributed by atoms with Gasteiger partial charge in [-0.25, -0.2) is 18.5 Å². The Balaban J connectivity index is 2.14. The molecular formula is C12H14N4O3S. The van der Waals surface area contributed by atoms with Crippen LogP contribution in [0.1, 0.15) is 21.9 Å². The monoisotopic (exact) mass is 294 g/mol. The normalized spacial score (nSPS) is 11.3. The fourth-order valence-electron chi connectivity index (χ4n) is 1.71. The smallest absolute Gasteiger partial charge is 0.273 e. The average molecular weight is 294 g/mol. The summed E-state index contributed by atoms with van der Waals surface area (Å²) in [5, 5.41) is 7.64. The molecule has 0 bridgehead atoms. The predicted molar refractivity (Wildman–Crippen MR) is 74.5 cm³/mol. The lowest BCUT2D eigenvalue weighted by atomic mass is 10.2. The fraction of sp³-hybridized carbons (Fsp3) is 0.167. The predicted octanol–water partition coefficient (Wildman–Crippen LogP) is 0.759. The number of carbonyl (C=O) groups is 1. The summed E-state index contributed by atoms with van der Waals surface area (Å²) in [4.78, 5) is 18.6. The number of imidazole rings is 1. The number of primary sulfonamides is 1. The molecule has 0 aliphatic heterocycles. The van der Waals surface area contributed by atoms with Gasteiger partial charge in [0.2, 0.25) is 10.0 Å². The third kappa shape index (κ3) is 3.90. The molecule has 0 saturated heterocycles. The summed E-state index contributed by atoms with van der Waals surface area (Å²) in [5.74, 6) is 0.0105. The molecule has 0 fully saturated rings. The first-order chi connectivity index (χ1) is 9.33. The number of nitrogens with two attached hydrogens (primary N) is 1. The molecule has 4 N–H and O–H groups in total. The average Bonchev–Trinajstić information content (AvgIpc) is 2.74. The van der Waals surface area contributed by atoms with E-state index in [1.807, 2.05) is 0 Å². The number of hydrogen-bond donors (Lipinski definition) is 3. The van der Waals surface area contributed by atoms with Gasteiger partial charge < -0.3 is 10.3 Å². The molecule has 0 radical (unpaired) electrons. The quantitative estimate of drug-likeness (QED) is 0.771. The topological polar surface area (TPSA) is 118 Å². The van der Waals surface area contributed by atoms with E-state index < -0.39 is 10.0 Å². The van der Waals surface area contributed by atoms with Crippen LogP contribution in [-0.2, 0) is 15.8 Å². The van der Waals surface area contributed by atoms with E-state index in [0.29, 0.717) is 22.8 Å². The number of nitrogens with zero attached hydrogens (tertiary/aromatic N) is 1. The molecule has 0 aliphatic rings. The molecule has 2 rings (SSSR count). The van der Waals surface area contributed by atoms with E-state index in [1.54, 1.807) is 31.2 Å². The SMILES string of the molecule is Cc1ncc(C(=O)Nc2cccc(CS(N)(=O)=O)c2)[nH]1. The van der Waals surface area contributed by atoms with Crippen LogP contribution in [0.3, 0.4) is 0 Å². The van der Waals surface area contributed by atoms with Gasteiger partial charge in [-0.3, -0.25) is 4.79 Å². The van der Waals surface area contributed by atoms with Crippen LogP contribution < -0.4 is 10.5 Å². The van der Waals surface area contributed by atoms with Crippen LogP contribution in [0, 0.1) is 6.92 Å². The van der Waals surface area contributed by atoms with Gasteiger partial charge in [0.1, 0.15) is 11.5 Å². The zero-order valence-electron chi connectivity index (χ0n) is 10.8. The van der Waals surface area contributed by atoms with E-state index in [0.717, 1.165) is 0 Å². The fourth-order valence-corrected chi connectivity index (χ4v) is 2.35. The summed E-state index contributed by atoms with van der Waals surface area (Å²) in [6.45, 7) is 1.74. The number of amides is 1. The Kier molecular flexibility index (Phi) is 3.86. The van der Waals surface area contributed by atoms with Crippen molar-refractivity contribution >= 4 is 21.6 Å². The van der Waals surface area contributed by atoms with Gasteiger partial charge in [-0.15, -0.1) is 0 Å². The Morgan fingerprint density at radius 3 is 2.80 bits per heavy atom. The minimum Gasteiger partial charge on any atom is -0.338 e. The number of anilines is 1. The second kappa shape index (κ2) is 5.43. The van der Waals surface area contributed by atoms with Crippen LogP contribution >= 0.6 is 0 Å². The van der Waals surface area contributed by atoms with Gasteiger partial charge in [-0.1, -0.05) is 12.1 Å². The van der Waals surface area contributed by atoms with Crippen molar-refractivity contribution in [3.05, 3.63) is 47.5 Å². The van der Waals surface area contributed by atoms with E-state index in [4.69, 9.17) is 5.14 Å². The Labute approximate surface area is 116 Å². The molecule has 0 spiro atoms. The molecule has 1 amide bonds. The number of aromatic amines is 1. The Morgan fingerprint density at radius 1 is 1.45 bits per heavy atom. The van der Waals surface area contributed by atoms with E-state index in [1.165, 1.54) is 6.20 Å². The maximum Gasteiger partial charge on any atom is 0.273 e. The van der Waals surface area contributed by atoms with Crippen molar-refractivity contribution in [1.29, 1.82) is 0 Å². The van der Waals surface area contributed by atoms with Crippen molar-refractivity contribution in [1.82, 2.24) is 9.97 Å². The van der Waals surface area contributed by atoms with Crippen LogP contribution in [0.25, 0.3) is 0 Å². The number of rotatable bonds is 4. The Bertz CT molecular complexity index is 737. The lowest BCUT2D eigenvalue weighted by Gasteiger charge is -2.06. The van der Waals surface area contributed by atoms with Gasteiger partial charge in [0.15, 0.2) is 0 Å². The molecule has 0 atom stereocenters. The first-order valence-corrected chi connectivity index (χ1v) is 7.47. The lowest BCUT2D eigenvalue weighted by Crippen LogP contribution is -2.15. The number of aromatic nitrogens is 2. The van der Waals surface area contributed by atoms with E-state index in [9.17, 15) is 13.2 Å². The molecule has 1 aromatic heterocycles. The first-order valence-electron chi connectivity index (χ1n) is 5.76.